The van der Waals surface area contributed by atoms with E-state index in [1.54, 1.807) is 24.4 Å². The third-order valence-electron chi connectivity index (χ3n) is 2.82. The molecule has 1 aromatic carbocycles. The zero-order valence-corrected chi connectivity index (χ0v) is 11.3. The van der Waals surface area contributed by atoms with Crippen LogP contribution in [0.1, 0.15) is 16.2 Å². The van der Waals surface area contributed by atoms with Crippen LogP contribution in [0.25, 0.3) is 0 Å². The maximum absolute atomic E-state index is 11.9. The Bertz CT molecular complexity index is 594. The van der Waals surface area contributed by atoms with Gasteiger partial charge < -0.3 is 15.6 Å². The van der Waals surface area contributed by atoms with E-state index in [4.69, 9.17) is 17.3 Å². The Labute approximate surface area is 116 Å². The molecular formula is C13H15ClN4O. The second kappa shape index (κ2) is 5.75. The number of aromatic nitrogens is 2. The maximum Gasteiger partial charge on any atom is 0.251 e. The lowest BCUT2D eigenvalue weighted by atomic mass is 10.2. The van der Waals surface area contributed by atoms with Crippen LogP contribution in [-0.2, 0) is 13.5 Å². The van der Waals surface area contributed by atoms with Crippen molar-refractivity contribution >= 4 is 23.2 Å². The number of carbonyl (C=O) groups is 1. The third kappa shape index (κ3) is 3.26. The first-order valence-corrected chi connectivity index (χ1v) is 6.25. The molecule has 3 N–H and O–H groups in total. The van der Waals surface area contributed by atoms with Gasteiger partial charge in [0.1, 0.15) is 5.82 Å². The highest BCUT2D eigenvalue weighted by molar-refractivity contribution is 6.33. The number of halogens is 1. The van der Waals surface area contributed by atoms with Crippen LogP contribution in [0.5, 0.6) is 0 Å². The molecule has 0 saturated heterocycles. The monoisotopic (exact) mass is 278 g/mol. The number of nitrogens with two attached hydrogens (primary N) is 1. The fourth-order valence-corrected chi connectivity index (χ4v) is 1.88. The molecule has 0 fully saturated rings. The lowest BCUT2D eigenvalue weighted by molar-refractivity contribution is 0.0954. The van der Waals surface area contributed by atoms with Gasteiger partial charge in [0.25, 0.3) is 5.91 Å². The minimum absolute atomic E-state index is 0.170. The molecule has 0 aliphatic heterocycles. The molecule has 0 atom stereocenters. The fourth-order valence-electron chi connectivity index (χ4n) is 1.70. The van der Waals surface area contributed by atoms with Crippen molar-refractivity contribution in [1.29, 1.82) is 0 Å². The second-order valence-electron chi connectivity index (χ2n) is 4.20. The Morgan fingerprint density at radius 1 is 1.53 bits per heavy atom. The lowest BCUT2D eigenvalue weighted by Crippen LogP contribution is -2.26. The van der Waals surface area contributed by atoms with E-state index in [1.807, 2.05) is 17.8 Å². The average Bonchev–Trinajstić information content (AvgIpc) is 2.78. The summed E-state index contributed by atoms with van der Waals surface area (Å²) in [6.45, 7) is 0.520. The van der Waals surface area contributed by atoms with Crippen LogP contribution in [-0.4, -0.2) is 22.0 Å². The quantitative estimate of drug-likeness (QED) is 0.835. The first-order chi connectivity index (χ1) is 9.08. The summed E-state index contributed by atoms with van der Waals surface area (Å²) in [6.07, 6.45) is 4.28. The van der Waals surface area contributed by atoms with Crippen LogP contribution in [0, 0.1) is 0 Å². The van der Waals surface area contributed by atoms with E-state index in [9.17, 15) is 4.79 Å². The molecule has 0 bridgehead atoms. The number of aryl methyl sites for hydroxylation is 1. The topological polar surface area (TPSA) is 72.9 Å². The molecule has 0 radical (unpaired) electrons. The molecule has 19 heavy (non-hydrogen) atoms. The summed E-state index contributed by atoms with van der Waals surface area (Å²) in [5.74, 6) is 0.756. The first-order valence-electron chi connectivity index (χ1n) is 5.87. The number of rotatable bonds is 4. The Balaban J connectivity index is 1.91. The van der Waals surface area contributed by atoms with E-state index in [0.29, 0.717) is 29.2 Å². The van der Waals surface area contributed by atoms with Gasteiger partial charge in [-0.15, -0.1) is 0 Å². The number of hydrogen-bond acceptors (Lipinski definition) is 3. The summed E-state index contributed by atoms with van der Waals surface area (Å²) in [4.78, 5) is 16.1. The van der Waals surface area contributed by atoms with Gasteiger partial charge in [0.15, 0.2) is 0 Å². The van der Waals surface area contributed by atoms with E-state index in [2.05, 4.69) is 10.3 Å². The summed E-state index contributed by atoms with van der Waals surface area (Å²) in [5.41, 5.74) is 6.56. The summed E-state index contributed by atoms with van der Waals surface area (Å²) in [6, 6.07) is 4.83. The Morgan fingerprint density at radius 2 is 2.32 bits per heavy atom. The van der Waals surface area contributed by atoms with E-state index >= 15 is 0 Å². The van der Waals surface area contributed by atoms with Gasteiger partial charge in [0, 0.05) is 38.0 Å². The zero-order valence-electron chi connectivity index (χ0n) is 10.6. The van der Waals surface area contributed by atoms with E-state index in [-0.39, 0.29) is 5.91 Å². The number of amides is 1. The van der Waals surface area contributed by atoms with Crippen molar-refractivity contribution in [2.45, 2.75) is 6.42 Å². The van der Waals surface area contributed by atoms with Crippen molar-refractivity contribution in [2.24, 2.45) is 7.05 Å². The van der Waals surface area contributed by atoms with Gasteiger partial charge >= 0.3 is 0 Å². The van der Waals surface area contributed by atoms with Crippen LogP contribution < -0.4 is 11.1 Å². The standard InChI is InChI=1S/C13H15ClN4O/c1-18-7-6-16-12(18)4-5-17-13(19)9-2-3-11(15)10(14)8-9/h2-3,6-8H,4-5,15H2,1H3,(H,17,19). The largest absolute Gasteiger partial charge is 0.398 e. The van der Waals surface area contributed by atoms with Gasteiger partial charge in [-0.05, 0) is 18.2 Å². The van der Waals surface area contributed by atoms with Crippen LogP contribution in [0.3, 0.4) is 0 Å². The fraction of sp³-hybridized carbons (Fsp3) is 0.231. The molecule has 5 nitrogen and oxygen atoms in total. The normalized spacial score (nSPS) is 10.4. The van der Waals surface area contributed by atoms with Crippen molar-refractivity contribution < 1.29 is 4.79 Å². The molecule has 0 aliphatic carbocycles. The van der Waals surface area contributed by atoms with Crippen molar-refractivity contribution in [3.63, 3.8) is 0 Å². The van der Waals surface area contributed by atoms with Crippen molar-refractivity contribution in [1.82, 2.24) is 14.9 Å². The number of benzene rings is 1. The molecular weight excluding hydrogens is 264 g/mol. The highest BCUT2D eigenvalue weighted by Crippen LogP contribution is 2.19. The molecule has 1 amide bonds. The molecule has 0 spiro atoms. The van der Waals surface area contributed by atoms with Crippen molar-refractivity contribution in [3.05, 3.63) is 47.0 Å². The van der Waals surface area contributed by atoms with Gasteiger partial charge in [0.2, 0.25) is 0 Å². The van der Waals surface area contributed by atoms with Crippen LogP contribution in [0.15, 0.2) is 30.6 Å². The highest BCUT2D eigenvalue weighted by Gasteiger charge is 2.07. The van der Waals surface area contributed by atoms with Gasteiger partial charge in [-0.1, -0.05) is 11.6 Å². The molecule has 0 unspecified atom stereocenters. The molecule has 1 aromatic heterocycles. The number of imidazole rings is 1. The maximum atomic E-state index is 11.9. The number of anilines is 1. The van der Waals surface area contributed by atoms with Crippen LogP contribution in [0.2, 0.25) is 5.02 Å². The van der Waals surface area contributed by atoms with Crippen LogP contribution in [0.4, 0.5) is 5.69 Å². The first kappa shape index (κ1) is 13.4. The van der Waals surface area contributed by atoms with Crippen molar-refractivity contribution in [3.8, 4) is 0 Å². The number of nitrogen functional groups attached to an aromatic ring is 1. The molecule has 0 aliphatic rings. The summed E-state index contributed by atoms with van der Waals surface area (Å²) in [7, 11) is 1.92. The van der Waals surface area contributed by atoms with Gasteiger partial charge in [0.05, 0.1) is 10.7 Å². The molecule has 2 rings (SSSR count). The number of nitrogens with one attached hydrogen (secondary N) is 1. The van der Waals surface area contributed by atoms with E-state index < -0.39 is 0 Å². The van der Waals surface area contributed by atoms with Gasteiger partial charge in [-0.2, -0.15) is 0 Å². The Hall–Kier alpha value is -2.01. The average molecular weight is 279 g/mol. The lowest BCUT2D eigenvalue weighted by Gasteiger charge is -2.06. The molecule has 2 aromatic rings. The highest BCUT2D eigenvalue weighted by atomic mass is 35.5. The molecule has 6 heteroatoms. The number of nitrogens with zero attached hydrogens (tertiary/aromatic N) is 2. The molecule has 100 valence electrons. The number of carbonyl (C=O) groups excluding carboxylic acids is 1. The zero-order chi connectivity index (χ0) is 13.8. The summed E-state index contributed by atoms with van der Waals surface area (Å²) in [5, 5.41) is 3.21. The Kier molecular flexibility index (Phi) is 4.06. The Morgan fingerprint density at radius 3 is 2.95 bits per heavy atom. The van der Waals surface area contributed by atoms with Gasteiger partial charge in [-0.25, -0.2) is 4.98 Å². The molecule has 0 saturated carbocycles. The summed E-state index contributed by atoms with van der Waals surface area (Å²) >= 11 is 5.88. The predicted molar refractivity (Wildman–Crippen MR) is 75.1 cm³/mol. The van der Waals surface area contributed by atoms with E-state index in [0.717, 1.165) is 5.82 Å². The second-order valence-corrected chi connectivity index (χ2v) is 4.60. The smallest absolute Gasteiger partial charge is 0.251 e. The van der Waals surface area contributed by atoms with E-state index in [1.165, 1.54) is 0 Å². The number of hydrogen-bond donors (Lipinski definition) is 2. The van der Waals surface area contributed by atoms with Crippen molar-refractivity contribution in [2.75, 3.05) is 12.3 Å². The minimum atomic E-state index is -0.170. The van der Waals surface area contributed by atoms with Crippen LogP contribution >= 0.6 is 11.6 Å². The predicted octanol–water partition coefficient (Wildman–Crippen LogP) is 1.63. The minimum Gasteiger partial charge on any atom is -0.398 e. The SMILES string of the molecule is Cn1ccnc1CCNC(=O)c1ccc(N)c(Cl)c1. The molecule has 1 heterocycles. The summed E-state index contributed by atoms with van der Waals surface area (Å²) < 4.78 is 1.92. The van der Waals surface area contributed by atoms with Gasteiger partial charge in [-0.3, -0.25) is 4.79 Å². The third-order valence-corrected chi connectivity index (χ3v) is 3.15.